The second-order valence-electron chi connectivity index (χ2n) is 8.17. The number of hydrogen-bond donors (Lipinski definition) is 3. The number of para-hydroxylation sites is 2. The van der Waals surface area contributed by atoms with E-state index in [0.29, 0.717) is 26.2 Å². The summed E-state index contributed by atoms with van der Waals surface area (Å²) in [7, 11) is 0. The Bertz CT molecular complexity index is 1290. The van der Waals surface area contributed by atoms with E-state index in [0.717, 1.165) is 44.6 Å². The van der Waals surface area contributed by atoms with Crippen molar-refractivity contribution in [1.82, 2.24) is 19.9 Å². The van der Waals surface area contributed by atoms with Crippen molar-refractivity contribution < 1.29 is 15.0 Å². The molecule has 3 heterocycles. The number of nitrogens with one attached hydrogen (secondary N) is 1. The van der Waals surface area contributed by atoms with E-state index in [-0.39, 0.29) is 6.61 Å². The molecule has 0 aliphatic carbocycles. The predicted molar refractivity (Wildman–Crippen MR) is 123 cm³/mol. The van der Waals surface area contributed by atoms with Crippen molar-refractivity contribution in [3.8, 4) is 0 Å². The fourth-order valence-electron chi connectivity index (χ4n) is 4.58. The highest BCUT2D eigenvalue weighted by Gasteiger charge is 2.32. The van der Waals surface area contributed by atoms with Crippen LogP contribution in [0.5, 0.6) is 0 Å². The molecule has 1 fully saturated rings. The Balaban J connectivity index is 1.39. The number of fused-ring (bicyclic) bond motifs is 2. The van der Waals surface area contributed by atoms with E-state index < -0.39 is 12.0 Å². The van der Waals surface area contributed by atoms with E-state index in [1.54, 1.807) is 6.20 Å². The summed E-state index contributed by atoms with van der Waals surface area (Å²) < 4.78 is 0. The molecule has 1 unspecified atom stereocenters. The Kier molecular flexibility index (Phi) is 5.24. The van der Waals surface area contributed by atoms with Gasteiger partial charge in [-0.1, -0.05) is 24.3 Å². The third-order valence-electron chi connectivity index (χ3n) is 6.19. The Morgan fingerprint density at radius 2 is 1.81 bits per heavy atom. The first-order valence-electron chi connectivity index (χ1n) is 10.7. The lowest BCUT2D eigenvalue weighted by atomic mass is 10.0. The lowest BCUT2D eigenvalue weighted by Gasteiger charge is -2.38. The van der Waals surface area contributed by atoms with E-state index in [1.807, 2.05) is 54.3 Å². The molecule has 1 aliphatic heterocycles. The first-order valence-corrected chi connectivity index (χ1v) is 10.7. The minimum Gasteiger partial charge on any atom is -0.480 e. The molecule has 0 radical (unpaired) electrons. The molecule has 0 bridgehead atoms. The van der Waals surface area contributed by atoms with Crippen molar-refractivity contribution >= 4 is 33.7 Å². The summed E-state index contributed by atoms with van der Waals surface area (Å²) in [5.74, 6) is -0.00823. The summed E-state index contributed by atoms with van der Waals surface area (Å²) >= 11 is 0. The predicted octanol–water partition coefficient (Wildman–Crippen LogP) is 2.86. The molecule has 8 heteroatoms. The lowest BCUT2D eigenvalue weighted by Crippen LogP contribution is -2.49. The molecule has 1 saturated heterocycles. The van der Waals surface area contributed by atoms with Crippen LogP contribution in [-0.2, 0) is 11.4 Å². The smallest absolute Gasteiger partial charge is 0.325 e. The van der Waals surface area contributed by atoms with Crippen LogP contribution in [0.15, 0.2) is 48.7 Å². The summed E-state index contributed by atoms with van der Waals surface area (Å²) in [6, 6.07) is 12.7. The third kappa shape index (κ3) is 3.57. The maximum Gasteiger partial charge on any atom is 0.325 e. The number of aliphatic hydroxyl groups excluding tert-OH is 1. The normalized spacial score (nSPS) is 16.0. The van der Waals surface area contributed by atoms with Gasteiger partial charge in [-0.15, -0.1) is 0 Å². The topological polar surface area (TPSA) is 106 Å². The number of H-pyrrole nitrogens is 1. The van der Waals surface area contributed by atoms with Gasteiger partial charge in [-0.3, -0.25) is 9.69 Å². The van der Waals surface area contributed by atoms with Crippen LogP contribution in [0, 0.1) is 6.92 Å². The number of aryl methyl sites for hydroxylation is 1. The highest BCUT2D eigenvalue weighted by molar-refractivity contribution is 5.89. The van der Waals surface area contributed by atoms with Gasteiger partial charge in [-0.2, -0.15) is 0 Å². The van der Waals surface area contributed by atoms with E-state index in [9.17, 15) is 15.0 Å². The van der Waals surface area contributed by atoms with E-state index in [4.69, 9.17) is 4.98 Å². The Labute approximate surface area is 185 Å². The number of nitrogens with zero attached hydrogens (tertiary/aromatic N) is 4. The molecule has 8 nitrogen and oxygen atoms in total. The van der Waals surface area contributed by atoms with Crippen LogP contribution in [0.3, 0.4) is 0 Å². The van der Waals surface area contributed by atoms with E-state index in [1.165, 1.54) is 0 Å². The number of aliphatic carboxylic acids is 1. The molecule has 32 heavy (non-hydrogen) atoms. The highest BCUT2D eigenvalue weighted by Crippen LogP contribution is 2.31. The molecule has 5 rings (SSSR count). The van der Waals surface area contributed by atoms with Crippen LogP contribution in [-0.4, -0.2) is 62.2 Å². The first-order chi connectivity index (χ1) is 15.5. The molecule has 1 aliphatic rings. The molecule has 2 aromatic heterocycles. The molecule has 0 amide bonds. The number of hydrogen-bond acceptors (Lipinski definition) is 6. The average Bonchev–Trinajstić information content (AvgIpc) is 3.22. The SMILES string of the molecule is Cc1nc2ccccc2nc1N1CCN(C(C(=O)O)c2c[nH]c3cc(CO)ccc23)CC1. The van der Waals surface area contributed by atoms with Gasteiger partial charge in [0.25, 0.3) is 0 Å². The van der Waals surface area contributed by atoms with Gasteiger partial charge in [0.05, 0.1) is 23.3 Å². The van der Waals surface area contributed by atoms with Crippen LogP contribution in [0.25, 0.3) is 21.9 Å². The minimum atomic E-state index is -0.868. The number of carboxylic acid groups (broad SMARTS) is 1. The van der Waals surface area contributed by atoms with Crippen LogP contribution >= 0.6 is 0 Å². The molecule has 0 saturated carbocycles. The molecule has 0 spiro atoms. The van der Waals surface area contributed by atoms with Gasteiger partial charge in [-0.25, -0.2) is 9.97 Å². The molecule has 2 aromatic carbocycles. The third-order valence-corrected chi connectivity index (χ3v) is 6.19. The van der Waals surface area contributed by atoms with Gasteiger partial charge in [0, 0.05) is 48.8 Å². The second-order valence-corrected chi connectivity index (χ2v) is 8.17. The lowest BCUT2D eigenvalue weighted by molar-refractivity contribution is -0.143. The van der Waals surface area contributed by atoms with Crippen molar-refractivity contribution in [3.63, 3.8) is 0 Å². The molecule has 164 valence electrons. The number of anilines is 1. The van der Waals surface area contributed by atoms with Gasteiger partial charge < -0.3 is 20.1 Å². The van der Waals surface area contributed by atoms with Gasteiger partial charge in [0.15, 0.2) is 5.82 Å². The quantitative estimate of drug-likeness (QED) is 0.446. The first kappa shape index (κ1) is 20.4. The average molecular weight is 431 g/mol. The van der Waals surface area contributed by atoms with Crippen molar-refractivity contribution in [3.05, 3.63) is 65.5 Å². The number of rotatable bonds is 5. The fourth-order valence-corrected chi connectivity index (χ4v) is 4.58. The minimum absolute atomic E-state index is 0.0499. The van der Waals surface area contributed by atoms with E-state index in [2.05, 4.69) is 14.9 Å². The summed E-state index contributed by atoms with van der Waals surface area (Å²) in [6.07, 6.45) is 1.77. The van der Waals surface area contributed by atoms with Crippen molar-refractivity contribution in [2.45, 2.75) is 19.6 Å². The monoisotopic (exact) mass is 431 g/mol. The Morgan fingerprint density at radius 1 is 1.09 bits per heavy atom. The summed E-state index contributed by atoms with van der Waals surface area (Å²) in [6.45, 7) is 4.47. The standard InChI is InChI=1S/C24H25N5O3/c1-15-23(27-20-5-3-2-4-19(20)26-15)29-10-8-28(9-11-29)22(24(31)32)18-13-25-21-12-16(14-30)6-7-17(18)21/h2-7,12-13,22,25,30H,8-11,14H2,1H3,(H,31,32). The van der Waals surface area contributed by atoms with Crippen LogP contribution in [0.1, 0.15) is 22.9 Å². The number of carboxylic acids is 1. The number of aliphatic hydroxyl groups is 1. The largest absolute Gasteiger partial charge is 0.480 e. The zero-order valence-corrected chi connectivity index (χ0v) is 17.8. The summed E-state index contributed by atoms with van der Waals surface area (Å²) in [4.78, 5) is 29.1. The van der Waals surface area contributed by atoms with Gasteiger partial charge in [0.1, 0.15) is 6.04 Å². The number of aromatic nitrogens is 3. The number of piperazine rings is 1. The molecular formula is C24H25N5O3. The molecule has 3 N–H and O–H groups in total. The van der Waals surface area contributed by atoms with Crippen molar-refractivity contribution in [1.29, 1.82) is 0 Å². The second kappa shape index (κ2) is 8.22. The van der Waals surface area contributed by atoms with E-state index >= 15 is 0 Å². The molecule has 4 aromatic rings. The van der Waals surface area contributed by atoms with Gasteiger partial charge in [-0.05, 0) is 30.7 Å². The highest BCUT2D eigenvalue weighted by atomic mass is 16.4. The van der Waals surface area contributed by atoms with Crippen LogP contribution in [0.2, 0.25) is 0 Å². The summed E-state index contributed by atoms with van der Waals surface area (Å²) in [5.41, 5.74) is 4.98. The van der Waals surface area contributed by atoms with Crippen molar-refractivity contribution in [2.75, 3.05) is 31.1 Å². The number of aromatic amines is 1. The maximum atomic E-state index is 12.3. The Hall–Kier alpha value is -3.49. The Morgan fingerprint density at radius 3 is 2.50 bits per heavy atom. The number of benzene rings is 2. The van der Waals surface area contributed by atoms with Gasteiger partial charge >= 0.3 is 5.97 Å². The maximum absolute atomic E-state index is 12.3. The van der Waals surface area contributed by atoms with Crippen LogP contribution < -0.4 is 4.90 Å². The molecule has 1 atom stereocenters. The van der Waals surface area contributed by atoms with Gasteiger partial charge in [0.2, 0.25) is 0 Å². The zero-order chi connectivity index (χ0) is 22.2. The molecular weight excluding hydrogens is 406 g/mol. The van der Waals surface area contributed by atoms with Crippen molar-refractivity contribution in [2.24, 2.45) is 0 Å². The zero-order valence-electron chi connectivity index (χ0n) is 17.8. The summed E-state index contributed by atoms with van der Waals surface area (Å²) in [5, 5.41) is 20.3. The van der Waals surface area contributed by atoms with Crippen LogP contribution in [0.4, 0.5) is 5.82 Å². The fraction of sp³-hybridized carbons (Fsp3) is 0.292. The number of carbonyl (C=O) groups is 1.